The van der Waals surface area contributed by atoms with Gasteiger partial charge in [0.1, 0.15) is 0 Å². The third-order valence-electron chi connectivity index (χ3n) is 3.26. The molecule has 7 heteroatoms. The average molecular weight is 470 g/mol. The van der Waals surface area contributed by atoms with Gasteiger partial charge in [0.25, 0.3) is 0 Å². The van der Waals surface area contributed by atoms with Gasteiger partial charge >= 0.3 is 0 Å². The molecule has 0 N–H and O–H groups in total. The van der Waals surface area contributed by atoms with Crippen molar-refractivity contribution < 1.29 is 8.42 Å². The van der Waals surface area contributed by atoms with E-state index < -0.39 is 10.0 Å². The van der Waals surface area contributed by atoms with Crippen molar-refractivity contribution in [2.24, 2.45) is 0 Å². The van der Waals surface area contributed by atoms with E-state index in [0.29, 0.717) is 10.0 Å². The zero-order valence-electron chi connectivity index (χ0n) is 12.6. The van der Waals surface area contributed by atoms with Gasteiger partial charge in [-0.3, -0.25) is 0 Å². The maximum atomic E-state index is 13.0. The molecule has 0 spiro atoms. The Labute approximate surface area is 158 Å². The Hall–Kier alpha value is -1.46. The van der Waals surface area contributed by atoms with E-state index in [1.807, 2.05) is 0 Å². The van der Waals surface area contributed by atoms with E-state index in [4.69, 9.17) is 5.26 Å². The van der Waals surface area contributed by atoms with Crippen LogP contribution < -0.4 is 0 Å². The van der Waals surface area contributed by atoms with Crippen LogP contribution >= 0.6 is 31.9 Å². The highest BCUT2D eigenvalue weighted by Crippen LogP contribution is 2.29. The fraction of sp³-hybridized carbons (Fsp3) is 0.118. The molecule has 0 aliphatic carbocycles. The topological polar surface area (TPSA) is 61.2 Å². The minimum absolute atomic E-state index is 0.159. The molecular weight excluding hydrogens is 456 g/mol. The fourth-order valence-electron chi connectivity index (χ4n) is 2.16. The first kappa shape index (κ1) is 18.9. The number of halogens is 2. The van der Waals surface area contributed by atoms with E-state index in [0.717, 1.165) is 10.0 Å². The van der Waals surface area contributed by atoms with E-state index in [1.165, 1.54) is 4.31 Å². The van der Waals surface area contributed by atoms with Gasteiger partial charge in [0.15, 0.2) is 0 Å². The van der Waals surface area contributed by atoms with E-state index in [9.17, 15) is 8.42 Å². The van der Waals surface area contributed by atoms with Crippen molar-refractivity contribution >= 4 is 41.9 Å². The SMILES string of the molecule is C=CCN(Cc1cccc(C#N)c1)S(=O)(=O)c1ccc(Br)cc1Br. The molecule has 0 fully saturated rings. The number of nitriles is 1. The Kier molecular flexibility index (Phi) is 6.35. The second kappa shape index (κ2) is 8.08. The standard InChI is InChI=1S/C17H14Br2N2O2S/c1-2-8-21(12-14-5-3-4-13(9-14)11-20)24(22,23)17-7-6-15(18)10-16(17)19/h2-7,9-10H,1,8,12H2. The first-order valence-electron chi connectivity index (χ1n) is 6.93. The van der Waals surface area contributed by atoms with Crippen molar-refractivity contribution in [1.82, 2.24) is 4.31 Å². The molecule has 0 radical (unpaired) electrons. The summed E-state index contributed by atoms with van der Waals surface area (Å²) in [6.07, 6.45) is 1.54. The number of nitrogens with zero attached hydrogens (tertiary/aromatic N) is 2. The molecular formula is C17H14Br2N2O2S. The zero-order chi connectivity index (χ0) is 17.7. The molecule has 24 heavy (non-hydrogen) atoms. The molecule has 0 aliphatic rings. The van der Waals surface area contributed by atoms with Crippen molar-refractivity contribution in [3.05, 3.63) is 75.2 Å². The summed E-state index contributed by atoms with van der Waals surface area (Å²) < 4.78 is 28.6. The van der Waals surface area contributed by atoms with Crippen LogP contribution in [0, 0.1) is 11.3 Å². The number of sulfonamides is 1. The molecule has 0 aromatic heterocycles. The third-order valence-corrected chi connectivity index (χ3v) is 6.54. The van der Waals surface area contributed by atoms with E-state index in [-0.39, 0.29) is 18.0 Å². The third kappa shape index (κ3) is 4.33. The lowest BCUT2D eigenvalue weighted by Gasteiger charge is -2.21. The van der Waals surface area contributed by atoms with Gasteiger partial charge in [0.05, 0.1) is 16.5 Å². The Bertz CT molecular complexity index is 905. The first-order chi connectivity index (χ1) is 11.4. The zero-order valence-corrected chi connectivity index (χ0v) is 16.6. The molecule has 2 rings (SSSR count). The molecule has 0 bridgehead atoms. The van der Waals surface area contributed by atoms with Gasteiger partial charge in [0, 0.05) is 22.0 Å². The van der Waals surface area contributed by atoms with Crippen molar-refractivity contribution in [1.29, 1.82) is 5.26 Å². The van der Waals surface area contributed by atoms with Gasteiger partial charge in [-0.05, 0) is 51.8 Å². The monoisotopic (exact) mass is 468 g/mol. The van der Waals surface area contributed by atoms with Gasteiger partial charge in [-0.2, -0.15) is 9.57 Å². The first-order valence-corrected chi connectivity index (χ1v) is 9.96. The highest BCUT2D eigenvalue weighted by molar-refractivity contribution is 9.11. The maximum Gasteiger partial charge on any atom is 0.244 e. The smallest absolute Gasteiger partial charge is 0.207 e. The van der Waals surface area contributed by atoms with Crippen LogP contribution in [-0.2, 0) is 16.6 Å². The lowest BCUT2D eigenvalue weighted by molar-refractivity contribution is 0.438. The summed E-state index contributed by atoms with van der Waals surface area (Å²) >= 11 is 6.62. The number of benzene rings is 2. The van der Waals surface area contributed by atoms with Crippen LogP contribution in [0.25, 0.3) is 0 Å². The lowest BCUT2D eigenvalue weighted by Crippen LogP contribution is -2.31. The highest BCUT2D eigenvalue weighted by Gasteiger charge is 2.26. The normalized spacial score (nSPS) is 11.2. The molecule has 2 aromatic rings. The number of rotatable bonds is 6. The molecule has 0 saturated carbocycles. The van der Waals surface area contributed by atoms with Gasteiger partial charge in [-0.25, -0.2) is 8.42 Å². The number of hydrogen-bond acceptors (Lipinski definition) is 3. The maximum absolute atomic E-state index is 13.0. The van der Waals surface area contributed by atoms with E-state index >= 15 is 0 Å². The van der Waals surface area contributed by atoms with Gasteiger partial charge in [-0.1, -0.05) is 34.1 Å². The van der Waals surface area contributed by atoms with Crippen LogP contribution in [0.2, 0.25) is 0 Å². The summed E-state index contributed by atoms with van der Waals surface area (Å²) in [5.41, 5.74) is 1.24. The second-order valence-electron chi connectivity index (χ2n) is 4.97. The molecule has 4 nitrogen and oxygen atoms in total. The van der Waals surface area contributed by atoms with Crippen LogP contribution in [0.3, 0.4) is 0 Å². The van der Waals surface area contributed by atoms with Crippen molar-refractivity contribution in [2.45, 2.75) is 11.4 Å². The van der Waals surface area contributed by atoms with Crippen LogP contribution in [0.1, 0.15) is 11.1 Å². The van der Waals surface area contributed by atoms with Crippen LogP contribution in [-0.4, -0.2) is 19.3 Å². The summed E-state index contributed by atoms with van der Waals surface area (Å²) in [5, 5.41) is 8.99. The van der Waals surface area contributed by atoms with Crippen molar-refractivity contribution in [3.8, 4) is 6.07 Å². The summed E-state index contributed by atoms with van der Waals surface area (Å²) in [6, 6.07) is 13.9. The molecule has 124 valence electrons. The predicted molar refractivity (Wildman–Crippen MR) is 101 cm³/mol. The predicted octanol–water partition coefficient (Wildman–Crippen LogP) is 4.46. The second-order valence-corrected chi connectivity index (χ2v) is 8.65. The van der Waals surface area contributed by atoms with E-state index in [1.54, 1.807) is 48.5 Å². The van der Waals surface area contributed by atoms with Crippen LogP contribution in [0.5, 0.6) is 0 Å². The number of hydrogen-bond donors (Lipinski definition) is 0. The summed E-state index contributed by atoms with van der Waals surface area (Å²) in [6.45, 7) is 3.97. The molecule has 0 heterocycles. The molecule has 0 atom stereocenters. The van der Waals surface area contributed by atoms with Crippen LogP contribution in [0.15, 0.2) is 69.0 Å². The minimum atomic E-state index is -3.72. The van der Waals surface area contributed by atoms with Gasteiger partial charge < -0.3 is 0 Å². The molecule has 2 aromatic carbocycles. The van der Waals surface area contributed by atoms with Gasteiger partial charge in [0.2, 0.25) is 10.0 Å². The summed E-state index contributed by atoms with van der Waals surface area (Å²) in [4.78, 5) is 0.184. The molecule has 0 saturated heterocycles. The highest BCUT2D eigenvalue weighted by atomic mass is 79.9. The minimum Gasteiger partial charge on any atom is -0.207 e. The van der Waals surface area contributed by atoms with Crippen molar-refractivity contribution in [2.75, 3.05) is 6.54 Å². The van der Waals surface area contributed by atoms with E-state index in [2.05, 4.69) is 44.5 Å². The summed E-state index contributed by atoms with van der Waals surface area (Å²) in [7, 11) is -3.72. The Morgan fingerprint density at radius 2 is 1.96 bits per heavy atom. The van der Waals surface area contributed by atoms with Crippen molar-refractivity contribution in [3.63, 3.8) is 0 Å². The lowest BCUT2D eigenvalue weighted by atomic mass is 10.1. The Balaban J connectivity index is 2.41. The van der Waals surface area contributed by atoms with Crippen LogP contribution in [0.4, 0.5) is 0 Å². The fourth-order valence-corrected chi connectivity index (χ4v) is 5.26. The molecule has 0 amide bonds. The molecule has 0 unspecified atom stereocenters. The quantitative estimate of drug-likeness (QED) is 0.586. The molecule has 0 aliphatic heterocycles. The van der Waals surface area contributed by atoms with Gasteiger partial charge in [-0.15, -0.1) is 6.58 Å². The summed E-state index contributed by atoms with van der Waals surface area (Å²) in [5.74, 6) is 0. The average Bonchev–Trinajstić information content (AvgIpc) is 2.54. The Morgan fingerprint density at radius 3 is 2.58 bits per heavy atom. The Morgan fingerprint density at radius 1 is 1.21 bits per heavy atom. The largest absolute Gasteiger partial charge is 0.244 e.